The van der Waals surface area contributed by atoms with Crippen molar-refractivity contribution in [3.63, 3.8) is 0 Å². The number of carbonyl (C=O) groups excluding carboxylic acids is 3. The molecule has 1 aliphatic heterocycles. The molecular weight excluding hydrogens is 316 g/mol. The second-order valence-corrected chi connectivity index (χ2v) is 7.09. The Kier molecular flexibility index (Phi) is 5.21. The Morgan fingerprint density at radius 1 is 1.16 bits per heavy atom. The zero-order valence-corrected chi connectivity index (χ0v) is 15.0. The number of benzene rings is 1. The summed E-state index contributed by atoms with van der Waals surface area (Å²) in [6, 6.07) is 5.95. The van der Waals surface area contributed by atoms with E-state index in [9.17, 15) is 14.4 Å². The number of rotatable bonds is 5. The highest BCUT2D eigenvalue weighted by Gasteiger charge is 2.47. The van der Waals surface area contributed by atoms with Gasteiger partial charge in [-0.1, -0.05) is 38.0 Å². The molecule has 0 aromatic heterocycles. The standard InChI is InChI=1S/C20H26N2O3/c1-3-14-8-6-7-13(2)18(14)21-17(23)11-12-22-19(24)15-9-4-5-10-16(15)20(22)25/h6-8,15-16H,3-5,9-12H2,1-2H3,(H,21,23)/t15-,16-/m0/s1. The van der Waals surface area contributed by atoms with Gasteiger partial charge >= 0.3 is 0 Å². The van der Waals surface area contributed by atoms with Crippen LogP contribution in [0.25, 0.3) is 0 Å². The summed E-state index contributed by atoms with van der Waals surface area (Å²) in [7, 11) is 0. The Bertz CT molecular complexity index is 674. The molecule has 1 N–H and O–H groups in total. The van der Waals surface area contributed by atoms with Crippen molar-refractivity contribution in [1.82, 2.24) is 4.90 Å². The molecule has 2 aliphatic rings. The Balaban J connectivity index is 1.61. The fourth-order valence-corrected chi connectivity index (χ4v) is 4.07. The molecule has 1 aromatic carbocycles. The highest BCUT2D eigenvalue weighted by atomic mass is 16.2. The van der Waals surface area contributed by atoms with Crippen LogP contribution >= 0.6 is 0 Å². The SMILES string of the molecule is CCc1cccc(C)c1NC(=O)CCN1C(=O)[C@H]2CCCC[C@@H]2C1=O. The van der Waals surface area contributed by atoms with Crippen LogP contribution in [0.1, 0.15) is 50.2 Å². The summed E-state index contributed by atoms with van der Waals surface area (Å²) >= 11 is 0. The van der Waals surface area contributed by atoms with Crippen molar-refractivity contribution >= 4 is 23.4 Å². The number of nitrogens with zero attached hydrogens (tertiary/aromatic N) is 1. The fourth-order valence-electron chi connectivity index (χ4n) is 4.07. The van der Waals surface area contributed by atoms with Crippen LogP contribution in [0.3, 0.4) is 0 Å². The maximum absolute atomic E-state index is 12.4. The van der Waals surface area contributed by atoms with E-state index >= 15 is 0 Å². The smallest absolute Gasteiger partial charge is 0.233 e. The molecule has 0 bridgehead atoms. The lowest BCUT2D eigenvalue weighted by Gasteiger charge is -2.19. The number of anilines is 1. The number of nitrogens with one attached hydrogen (secondary N) is 1. The summed E-state index contributed by atoms with van der Waals surface area (Å²) in [5.74, 6) is -0.598. The molecule has 0 spiro atoms. The number of para-hydroxylation sites is 1. The van der Waals surface area contributed by atoms with E-state index in [1.807, 2.05) is 32.0 Å². The van der Waals surface area contributed by atoms with Gasteiger partial charge in [-0.25, -0.2) is 0 Å². The van der Waals surface area contributed by atoms with E-state index in [0.29, 0.717) is 0 Å². The van der Waals surface area contributed by atoms with Gasteiger partial charge in [-0.15, -0.1) is 0 Å². The van der Waals surface area contributed by atoms with E-state index in [1.54, 1.807) is 0 Å². The van der Waals surface area contributed by atoms with Crippen LogP contribution in [0.4, 0.5) is 5.69 Å². The van der Waals surface area contributed by atoms with Crippen molar-refractivity contribution in [2.75, 3.05) is 11.9 Å². The van der Waals surface area contributed by atoms with E-state index in [0.717, 1.165) is 48.9 Å². The van der Waals surface area contributed by atoms with Gasteiger partial charge < -0.3 is 5.32 Å². The van der Waals surface area contributed by atoms with Gasteiger partial charge in [0.2, 0.25) is 17.7 Å². The average Bonchev–Trinajstić information content (AvgIpc) is 2.86. The van der Waals surface area contributed by atoms with Crippen LogP contribution in [-0.4, -0.2) is 29.2 Å². The molecule has 134 valence electrons. The maximum atomic E-state index is 12.4. The summed E-state index contributed by atoms with van der Waals surface area (Å²) in [6.45, 7) is 4.20. The lowest BCUT2D eigenvalue weighted by Crippen LogP contribution is -2.34. The Hall–Kier alpha value is -2.17. The third-order valence-electron chi connectivity index (χ3n) is 5.50. The van der Waals surface area contributed by atoms with Crippen molar-refractivity contribution in [3.05, 3.63) is 29.3 Å². The summed E-state index contributed by atoms with van der Waals surface area (Å²) in [5, 5.41) is 2.96. The third-order valence-corrected chi connectivity index (χ3v) is 5.50. The van der Waals surface area contributed by atoms with Crippen LogP contribution in [0.15, 0.2) is 18.2 Å². The first-order valence-electron chi connectivity index (χ1n) is 9.26. The van der Waals surface area contributed by atoms with Gasteiger partial charge in [0.1, 0.15) is 0 Å². The van der Waals surface area contributed by atoms with Gasteiger partial charge in [-0.2, -0.15) is 0 Å². The minimum Gasteiger partial charge on any atom is -0.326 e. The summed E-state index contributed by atoms with van der Waals surface area (Å²) in [6.07, 6.45) is 4.63. The van der Waals surface area contributed by atoms with Crippen LogP contribution in [0.2, 0.25) is 0 Å². The van der Waals surface area contributed by atoms with Crippen LogP contribution < -0.4 is 5.32 Å². The van der Waals surface area contributed by atoms with Gasteiger partial charge in [0.05, 0.1) is 11.8 Å². The number of fused-ring (bicyclic) bond motifs is 1. The van der Waals surface area contributed by atoms with Crippen molar-refractivity contribution < 1.29 is 14.4 Å². The quantitative estimate of drug-likeness (QED) is 0.836. The molecule has 1 saturated heterocycles. The Morgan fingerprint density at radius 2 is 1.80 bits per heavy atom. The second-order valence-electron chi connectivity index (χ2n) is 7.09. The molecule has 0 unspecified atom stereocenters. The highest BCUT2D eigenvalue weighted by Crippen LogP contribution is 2.38. The summed E-state index contributed by atoms with van der Waals surface area (Å²) in [5.41, 5.74) is 2.96. The molecular formula is C20H26N2O3. The fraction of sp³-hybridized carbons (Fsp3) is 0.550. The second kappa shape index (κ2) is 7.38. The largest absolute Gasteiger partial charge is 0.326 e. The summed E-state index contributed by atoms with van der Waals surface area (Å²) < 4.78 is 0. The highest BCUT2D eigenvalue weighted by molar-refractivity contribution is 6.05. The molecule has 5 heteroatoms. The van der Waals surface area contributed by atoms with E-state index in [2.05, 4.69) is 5.32 Å². The molecule has 0 radical (unpaired) electrons. The van der Waals surface area contributed by atoms with Crippen LogP contribution in [0.5, 0.6) is 0 Å². The molecule has 2 fully saturated rings. The van der Waals surface area contributed by atoms with E-state index < -0.39 is 0 Å². The summed E-state index contributed by atoms with van der Waals surface area (Å²) in [4.78, 5) is 38.6. The van der Waals surface area contributed by atoms with Gasteiger partial charge in [-0.05, 0) is 37.3 Å². The number of amides is 3. The zero-order valence-electron chi connectivity index (χ0n) is 15.0. The predicted molar refractivity (Wildman–Crippen MR) is 96.0 cm³/mol. The molecule has 3 amide bonds. The number of carbonyl (C=O) groups is 3. The molecule has 25 heavy (non-hydrogen) atoms. The number of imide groups is 1. The third kappa shape index (κ3) is 3.46. The lowest BCUT2D eigenvalue weighted by atomic mass is 9.81. The Labute approximate surface area is 148 Å². The Morgan fingerprint density at radius 3 is 2.40 bits per heavy atom. The first-order valence-corrected chi connectivity index (χ1v) is 9.26. The molecule has 1 saturated carbocycles. The van der Waals surface area contributed by atoms with Gasteiger partial charge in [0.15, 0.2) is 0 Å². The van der Waals surface area contributed by atoms with Crippen molar-refractivity contribution in [3.8, 4) is 0 Å². The molecule has 1 heterocycles. The van der Waals surface area contributed by atoms with E-state index in [4.69, 9.17) is 0 Å². The molecule has 5 nitrogen and oxygen atoms in total. The maximum Gasteiger partial charge on any atom is 0.233 e. The van der Waals surface area contributed by atoms with Crippen molar-refractivity contribution in [1.29, 1.82) is 0 Å². The monoisotopic (exact) mass is 342 g/mol. The normalized spacial score (nSPS) is 22.9. The number of hydrogen-bond donors (Lipinski definition) is 1. The number of hydrogen-bond acceptors (Lipinski definition) is 3. The lowest BCUT2D eigenvalue weighted by molar-refractivity contribution is -0.140. The van der Waals surface area contributed by atoms with E-state index in [1.165, 1.54) is 4.90 Å². The topological polar surface area (TPSA) is 66.5 Å². The predicted octanol–water partition coefficient (Wildman–Crippen LogP) is 3.06. The minimum atomic E-state index is -0.153. The first kappa shape index (κ1) is 17.6. The van der Waals surface area contributed by atoms with Gasteiger partial charge in [-0.3, -0.25) is 19.3 Å². The molecule has 1 aliphatic carbocycles. The van der Waals surface area contributed by atoms with Gasteiger partial charge in [0, 0.05) is 18.7 Å². The molecule has 2 atom stereocenters. The van der Waals surface area contributed by atoms with Gasteiger partial charge in [0.25, 0.3) is 0 Å². The first-order chi connectivity index (χ1) is 12.0. The number of aryl methyl sites for hydroxylation is 2. The minimum absolute atomic E-state index is 0.0763. The van der Waals surface area contributed by atoms with Crippen molar-refractivity contribution in [2.45, 2.75) is 52.4 Å². The van der Waals surface area contributed by atoms with Crippen LogP contribution in [-0.2, 0) is 20.8 Å². The molecule has 3 rings (SSSR count). The zero-order chi connectivity index (χ0) is 18.0. The van der Waals surface area contributed by atoms with Crippen molar-refractivity contribution in [2.24, 2.45) is 11.8 Å². The van der Waals surface area contributed by atoms with E-state index in [-0.39, 0.29) is 42.5 Å². The molecule has 1 aromatic rings. The average molecular weight is 342 g/mol. The van der Waals surface area contributed by atoms with Crippen LogP contribution in [0, 0.1) is 18.8 Å². The number of likely N-dealkylation sites (tertiary alicyclic amines) is 1.